The molecule has 0 saturated carbocycles. The minimum Gasteiger partial charge on any atom is -0.365 e. The van der Waals surface area contributed by atoms with Gasteiger partial charge in [-0.2, -0.15) is 0 Å². The van der Waals surface area contributed by atoms with E-state index < -0.39 is 0 Å². The molecule has 3 heteroatoms. The van der Waals surface area contributed by atoms with E-state index >= 15 is 0 Å². The van der Waals surface area contributed by atoms with E-state index in [1.54, 1.807) is 11.8 Å². The van der Waals surface area contributed by atoms with E-state index in [-0.39, 0.29) is 0 Å². The van der Waals surface area contributed by atoms with Crippen molar-refractivity contribution in [3.05, 3.63) is 35.9 Å². The Morgan fingerprint density at radius 1 is 1.20 bits per heavy atom. The first-order valence-corrected chi connectivity index (χ1v) is 6.39. The summed E-state index contributed by atoms with van der Waals surface area (Å²) in [5, 5.41) is 4.47. The number of amidine groups is 1. The van der Waals surface area contributed by atoms with Gasteiger partial charge in [0.25, 0.3) is 0 Å². The summed E-state index contributed by atoms with van der Waals surface area (Å²) in [5.41, 5.74) is 1.36. The van der Waals surface area contributed by atoms with Crippen LogP contribution in [-0.2, 0) is 5.75 Å². The van der Waals surface area contributed by atoms with E-state index in [0.717, 1.165) is 24.0 Å². The third-order valence-corrected chi connectivity index (χ3v) is 3.36. The first-order chi connectivity index (χ1) is 7.45. The van der Waals surface area contributed by atoms with Gasteiger partial charge >= 0.3 is 0 Å². The first kappa shape index (κ1) is 10.6. The lowest BCUT2D eigenvalue weighted by molar-refractivity contribution is 0.750. The van der Waals surface area contributed by atoms with Crippen molar-refractivity contribution in [3.8, 4) is 0 Å². The van der Waals surface area contributed by atoms with Crippen LogP contribution in [-0.4, -0.2) is 18.3 Å². The van der Waals surface area contributed by atoms with Crippen molar-refractivity contribution in [2.45, 2.75) is 18.6 Å². The molecule has 15 heavy (non-hydrogen) atoms. The summed E-state index contributed by atoms with van der Waals surface area (Å²) in [6.45, 7) is 2.05. The maximum atomic E-state index is 4.51. The Kier molecular flexibility index (Phi) is 4.09. The van der Waals surface area contributed by atoms with Gasteiger partial charge in [0.1, 0.15) is 0 Å². The Morgan fingerprint density at radius 2 is 2.07 bits per heavy atom. The zero-order valence-electron chi connectivity index (χ0n) is 8.78. The topological polar surface area (TPSA) is 24.4 Å². The minimum absolute atomic E-state index is 0.976. The number of aliphatic imine (C=N–C) groups is 1. The molecule has 0 spiro atoms. The summed E-state index contributed by atoms with van der Waals surface area (Å²) in [6, 6.07) is 10.5. The number of hydrogen-bond donors (Lipinski definition) is 1. The predicted octanol–water partition coefficient (Wildman–Crippen LogP) is 2.66. The third-order valence-electron chi connectivity index (χ3n) is 2.33. The maximum absolute atomic E-state index is 4.51. The van der Waals surface area contributed by atoms with Crippen LogP contribution in [0.1, 0.15) is 18.4 Å². The second kappa shape index (κ2) is 5.81. The Morgan fingerprint density at radius 3 is 2.93 bits per heavy atom. The van der Waals surface area contributed by atoms with Crippen molar-refractivity contribution in [2.24, 2.45) is 4.99 Å². The maximum Gasteiger partial charge on any atom is 0.156 e. The quantitative estimate of drug-likeness (QED) is 0.828. The van der Waals surface area contributed by atoms with Gasteiger partial charge in [0, 0.05) is 18.8 Å². The largest absolute Gasteiger partial charge is 0.365 e. The van der Waals surface area contributed by atoms with Crippen molar-refractivity contribution >= 4 is 16.9 Å². The SMILES string of the molecule is c1ccc(CSC2=NCCCCN2)cc1. The standard InChI is InChI=1S/C12H16N2S/c1-2-6-11(7-3-1)10-15-12-13-8-4-5-9-14-12/h1-3,6-7H,4-5,8-10H2,(H,13,14). The molecule has 0 amide bonds. The summed E-state index contributed by atoms with van der Waals surface area (Å²) in [5.74, 6) is 1.01. The molecule has 1 aliphatic heterocycles. The van der Waals surface area contributed by atoms with Crippen LogP contribution in [0.4, 0.5) is 0 Å². The molecular weight excluding hydrogens is 204 g/mol. The van der Waals surface area contributed by atoms with Gasteiger partial charge in [-0.3, -0.25) is 4.99 Å². The van der Waals surface area contributed by atoms with E-state index in [1.165, 1.54) is 18.4 Å². The zero-order chi connectivity index (χ0) is 10.3. The minimum atomic E-state index is 0.976. The predicted molar refractivity (Wildman–Crippen MR) is 67.3 cm³/mol. The van der Waals surface area contributed by atoms with Crippen LogP contribution >= 0.6 is 11.8 Å². The van der Waals surface area contributed by atoms with Crippen molar-refractivity contribution in [3.63, 3.8) is 0 Å². The smallest absolute Gasteiger partial charge is 0.156 e. The fourth-order valence-corrected chi connectivity index (χ4v) is 2.37. The fourth-order valence-electron chi connectivity index (χ4n) is 1.49. The molecule has 0 unspecified atom stereocenters. The molecular formula is C12H16N2S. The second-order valence-corrected chi connectivity index (χ2v) is 4.56. The van der Waals surface area contributed by atoms with Crippen LogP contribution in [0.15, 0.2) is 35.3 Å². The van der Waals surface area contributed by atoms with Gasteiger partial charge in [0.05, 0.1) is 0 Å². The van der Waals surface area contributed by atoms with Gasteiger partial charge in [0.15, 0.2) is 5.17 Å². The lowest BCUT2D eigenvalue weighted by Crippen LogP contribution is -2.20. The normalized spacial score (nSPS) is 16.4. The van der Waals surface area contributed by atoms with Crippen LogP contribution < -0.4 is 5.32 Å². The summed E-state index contributed by atoms with van der Waals surface area (Å²) in [4.78, 5) is 4.51. The molecule has 2 nitrogen and oxygen atoms in total. The Bertz CT molecular complexity index is 322. The van der Waals surface area contributed by atoms with Crippen LogP contribution in [0.3, 0.4) is 0 Å². The summed E-state index contributed by atoms with van der Waals surface area (Å²) < 4.78 is 0. The molecule has 0 aliphatic carbocycles. The fraction of sp³-hybridized carbons (Fsp3) is 0.417. The number of thioether (sulfide) groups is 1. The number of benzene rings is 1. The first-order valence-electron chi connectivity index (χ1n) is 5.40. The molecule has 1 N–H and O–H groups in total. The van der Waals surface area contributed by atoms with E-state index in [0.29, 0.717) is 0 Å². The van der Waals surface area contributed by atoms with Crippen LogP contribution in [0, 0.1) is 0 Å². The molecule has 0 fully saturated rings. The average molecular weight is 220 g/mol. The zero-order valence-corrected chi connectivity index (χ0v) is 9.59. The Labute approximate surface area is 95.2 Å². The van der Waals surface area contributed by atoms with Crippen molar-refractivity contribution in [2.75, 3.05) is 13.1 Å². The molecule has 1 aromatic rings. The van der Waals surface area contributed by atoms with Gasteiger partial charge in [-0.15, -0.1) is 0 Å². The highest BCUT2D eigenvalue weighted by molar-refractivity contribution is 8.13. The molecule has 1 aliphatic rings. The Hall–Kier alpha value is -0.960. The van der Waals surface area contributed by atoms with Gasteiger partial charge in [-0.1, -0.05) is 42.1 Å². The number of nitrogens with one attached hydrogen (secondary N) is 1. The summed E-state index contributed by atoms with van der Waals surface area (Å²) >= 11 is 1.80. The molecule has 0 aromatic heterocycles. The van der Waals surface area contributed by atoms with Crippen LogP contribution in [0.2, 0.25) is 0 Å². The Balaban J connectivity index is 1.84. The molecule has 80 valence electrons. The molecule has 1 heterocycles. The lowest BCUT2D eigenvalue weighted by atomic mass is 10.2. The van der Waals surface area contributed by atoms with Crippen LogP contribution in [0.25, 0.3) is 0 Å². The van der Waals surface area contributed by atoms with E-state index in [2.05, 4.69) is 40.6 Å². The van der Waals surface area contributed by atoms with E-state index in [1.807, 2.05) is 0 Å². The summed E-state index contributed by atoms with van der Waals surface area (Å²) in [7, 11) is 0. The average Bonchev–Trinajstić information content (AvgIpc) is 2.56. The molecule has 0 radical (unpaired) electrons. The van der Waals surface area contributed by atoms with Gasteiger partial charge < -0.3 is 5.32 Å². The third kappa shape index (κ3) is 3.59. The highest BCUT2D eigenvalue weighted by Gasteiger charge is 2.03. The summed E-state index contributed by atoms with van der Waals surface area (Å²) in [6.07, 6.45) is 2.45. The molecule has 0 atom stereocenters. The number of nitrogens with zero attached hydrogens (tertiary/aromatic N) is 1. The number of hydrogen-bond acceptors (Lipinski definition) is 3. The molecule has 2 rings (SSSR count). The molecule has 0 bridgehead atoms. The molecule has 1 aromatic carbocycles. The number of rotatable bonds is 2. The van der Waals surface area contributed by atoms with Crippen LogP contribution in [0.5, 0.6) is 0 Å². The van der Waals surface area contributed by atoms with Gasteiger partial charge in [-0.05, 0) is 18.4 Å². The van der Waals surface area contributed by atoms with Gasteiger partial charge in [-0.25, -0.2) is 0 Å². The lowest BCUT2D eigenvalue weighted by Gasteiger charge is -2.05. The highest BCUT2D eigenvalue weighted by Crippen LogP contribution is 2.13. The van der Waals surface area contributed by atoms with Gasteiger partial charge in [0.2, 0.25) is 0 Å². The van der Waals surface area contributed by atoms with Crippen molar-refractivity contribution in [1.29, 1.82) is 0 Å². The van der Waals surface area contributed by atoms with Crippen molar-refractivity contribution < 1.29 is 0 Å². The second-order valence-electron chi connectivity index (χ2n) is 3.60. The highest BCUT2D eigenvalue weighted by atomic mass is 32.2. The van der Waals surface area contributed by atoms with E-state index in [4.69, 9.17) is 0 Å². The van der Waals surface area contributed by atoms with Crippen molar-refractivity contribution in [1.82, 2.24) is 5.32 Å². The molecule has 0 saturated heterocycles. The monoisotopic (exact) mass is 220 g/mol. The van der Waals surface area contributed by atoms with E-state index in [9.17, 15) is 0 Å².